The molecular weight excluding hydrogens is 518 g/mol. The van der Waals surface area contributed by atoms with Crippen LogP contribution in [0.3, 0.4) is 0 Å². The van der Waals surface area contributed by atoms with Gasteiger partial charge in [-0.05, 0) is 18.6 Å². The first-order chi connectivity index (χ1) is 19.3. The van der Waals surface area contributed by atoms with Crippen molar-refractivity contribution in [1.82, 2.24) is 14.4 Å². The number of benzene rings is 1. The number of aromatic nitrogens is 1. The van der Waals surface area contributed by atoms with Crippen LogP contribution >= 0.6 is 0 Å². The second-order valence-electron chi connectivity index (χ2n) is 10.2. The highest BCUT2D eigenvalue weighted by molar-refractivity contribution is 6.05. The Bertz CT molecular complexity index is 1360. The van der Waals surface area contributed by atoms with Crippen LogP contribution < -0.4 is 20.5 Å². The Labute approximate surface area is 232 Å². The maximum absolute atomic E-state index is 13.4. The number of anilines is 1. The molecule has 1 aromatic carbocycles. The summed E-state index contributed by atoms with van der Waals surface area (Å²) in [4.78, 5) is 21.0. The van der Waals surface area contributed by atoms with Gasteiger partial charge in [0.15, 0.2) is 0 Å². The van der Waals surface area contributed by atoms with Crippen molar-refractivity contribution < 1.29 is 23.0 Å². The number of halogens is 2. The summed E-state index contributed by atoms with van der Waals surface area (Å²) in [5, 5.41) is 3.33. The van der Waals surface area contributed by atoms with Crippen LogP contribution in [0, 0.1) is 11.8 Å². The van der Waals surface area contributed by atoms with Gasteiger partial charge in [-0.25, -0.2) is 13.8 Å². The number of amidine groups is 1. The molecule has 3 aliphatic heterocycles. The van der Waals surface area contributed by atoms with Crippen LogP contribution in [-0.2, 0) is 4.79 Å². The van der Waals surface area contributed by atoms with Gasteiger partial charge < -0.3 is 30.0 Å². The fourth-order valence-electron chi connectivity index (χ4n) is 5.28. The largest absolute Gasteiger partial charge is 0.497 e. The fourth-order valence-corrected chi connectivity index (χ4v) is 5.28. The monoisotopic (exact) mass is 552 g/mol. The number of alkyl halides is 2. The summed E-state index contributed by atoms with van der Waals surface area (Å²) in [6.07, 6.45) is 5.82. The van der Waals surface area contributed by atoms with Crippen LogP contribution in [0.2, 0.25) is 0 Å². The van der Waals surface area contributed by atoms with Gasteiger partial charge in [0.05, 0.1) is 31.4 Å². The first kappa shape index (κ1) is 27.5. The first-order valence-electron chi connectivity index (χ1n) is 13.4. The zero-order chi connectivity index (χ0) is 28.3. The predicted octanol–water partition coefficient (Wildman–Crippen LogP) is 3.05. The van der Waals surface area contributed by atoms with Crippen molar-refractivity contribution >= 4 is 17.6 Å². The van der Waals surface area contributed by atoms with Crippen molar-refractivity contribution in [1.29, 1.82) is 0 Å². The highest BCUT2D eigenvalue weighted by atomic mass is 19.3. The summed E-state index contributed by atoms with van der Waals surface area (Å²) < 4.78 is 39.6. The van der Waals surface area contributed by atoms with E-state index in [1.54, 1.807) is 32.4 Å². The number of ether oxygens (including phenoxy) is 2. The molecule has 3 N–H and O–H groups in total. The number of nitrogens with zero attached hydrogens (tertiary/aromatic N) is 4. The van der Waals surface area contributed by atoms with Crippen LogP contribution in [0.5, 0.6) is 11.5 Å². The van der Waals surface area contributed by atoms with Gasteiger partial charge in [-0.2, -0.15) is 0 Å². The number of nitrogens with two attached hydrogens (primary N) is 1. The molecule has 11 heteroatoms. The number of piperidine rings is 1. The summed E-state index contributed by atoms with van der Waals surface area (Å²) in [5.41, 5.74) is 8.52. The number of nitrogens with one attached hydrogen (secondary N) is 1. The fraction of sp³-hybridized carbons (Fsp3) is 0.448. The number of likely N-dealkylation sites (tertiary alicyclic amines) is 2. The number of aliphatic imine (C=N–C) groups is 1. The van der Waals surface area contributed by atoms with Crippen LogP contribution in [-0.4, -0.2) is 85.6 Å². The van der Waals surface area contributed by atoms with Crippen molar-refractivity contribution in [2.24, 2.45) is 10.7 Å². The molecule has 1 amide bonds. The van der Waals surface area contributed by atoms with Gasteiger partial charge in [0.2, 0.25) is 5.91 Å². The van der Waals surface area contributed by atoms with E-state index in [2.05, 4.69) is 26.7 Å². The predicted molar refractivity (Wildman–Crippen MR) is 149 cm³/mol. The number of carbonyl (C=O) groups excluding carboxylic acids is 1. The van der Waals surface area contributed by atoms with E-state index >= 15 is 0 Å². The maximum atomic E-state index is 13.4. The lowest BCUT2D eigenvalue weighted by atomic mass is 10.1. The third-order valence-electron chi connectivity index (χ3n) is 7.56. The molecule has 0 unspecified atom stereocenters. The Morgan fingerprint density at radius 2 is 1.90 bits per heavy atom. The molecule has 1 aromatic heterocycles. The third kappa shape index (κ3) is 6.07. The van der Waals surface area contributed by atoms with E-state index in [0.29, 0.717) is 56.7 Å². The SMILES string of the molecule is COc1cc(C#Cc2cn([C@H]3CCN(C(=O)/C=C/CN4CCC(F)(F)CC4)C3)c3c2C(N)=NCN3)cc(OC)c1. The van der Waals surface area contributed by atoms with Gasteiger partial charge in [0.25, 0.3) is 5.92 Å². The van der Waals surface area contributed by atoms with Gasteiger partial charge in [0, 0.05) is 69.5 Å². The second kappa shape index (κ2) is 11.6. The van der Waals surface area contributed by atoms with Crippen LogP contribution in [0.25, 0.3) is 0 Å². The number of methoxy groups -OCH3 is 2. The van der Waals surface area contributed by atoms with Gasteiger partial charge in [-0.15, -0.1) is 0 Å². The minimum Gasteiger partial charge on any atom is -0.497 e. The topological polar surface area (TPSA) is 97.4 Å². The van der Waals surface area contributed by atoms with Gasteiger partial charge in [0.1, 0.15) is 29.8 Å². The van der Waals surface area contributed by atoms with Crippen molar-refractivity contribution in [3.8, 4) is 23.3 Å². The van der Waals surface area contributed by atoms with E-state index in [0.717, 1.165) is 28.9 Å². The molecule has 0 spiro atoms. The lowest BCUT2D eigenvalue weighted by Crippen LogP contribution is -2.39. The number of carbonyl (C=O) groups is 1. The number of rotatable bonds is 6. The highest BCUT2D eigenvalue weighted by Gasteiger charge is 2.34. The smallest absolute Gasteiger partial charge is 0.250 e. The zero-order valence-electron chi connectivity index (χ0n) is 22.8. The Morgan fingerprint density at radius 3 is 2.60 bits per heavy atom. The molecule has 0 aliphatic carbocycles. The number of amides is 1. The third-order valence-corrected chi connectivity index (χ3v) is 7.56. The molecular formula is C29H34F2N6O3. The summed E-state index contributed by atoms with van der Waals surface area (Å²) >= 11 is 0. The van der Waals surface area contributed by atoms with E-state index in [1.165, 1.54) is 0 Å². The van der Waals surface area contributed by atoms with Crippen LogP contribution in [0.4, 0.5) is 14.6 Å². The maximum Gasteiger partial charge on any atom is 0.250 e. The van der Waals surface area contributed by atoms with E-state index < -0.39 is 5.92 Å². The van der Waals surface area contributed by atoms with Gasteiger partial charge in [-0.1, -0.05) is 17.9 Å². The molecule has 3 aliphatic rings. The van der Waals surface area contributed by atoms with Gasteiger partial charge >= 0.3 is 0 Å². The number of fused-ring (bicyclic) bond motifs is 1. The summed E-state index contributed by atoms with van der Waals surface area (Å²) in [5.74, 6) is 6.33. The standard InChI is InChI=1S/C29H34F2N6O3/c1-39-23-14-20(15-24(16-23)40-2)5-6-21-17-37(28-26(21)27(32)33-19-34-28)22-7-11-36(18-22)25(38)4-3-10-35-12-8-29(30,31)9-13-35/h3-4,14-17,22,34H,7-13,18-19H2,1-2H3,(H2,32,33)/b4-3+/t22-/m0/s1. The van der Waals surface area contributed by atoms with E-state index in [4.69, 9.17) is 15.2 Å². The minimum absolute atomic E-state index is 0.0429. The lowest BCUT2D eigenvalue weighted by Gasteiger charge is -2.30. The molecule has 2 aromatic rings. The van der Waals surface area contributed by atoms with Crippen molar-refractivity contribution in [3.63, 3.8) is 0 Å². The molecule has 4 heterocycles. The molecule has 0 saturated carbocycles. The average Bonchev–Trinajstić information content (AvgIpc) is 3.58. The molecule has 212 valence electrons. The highest BCUT2D eigenvalue weighted by Crippen LogP contribution is 2.33. The quantitative estimate of drug-likeness (QED) is 0.423. The van der Waals surface area contributed by atoms with Crippen LogP contribution in [0.1, 0.15) is 42.0 Å². The second-order valence-corrected chi connectivity index (χ2v) is 10.2. The molecule has 1 atom stereocenters. The summed E-state index contributed by atoms with van der Waals surface area (Å²) in [7, 11) is 3.18. The Morgan fingerprint density at radius 1 is 1.18 bits per heavy atom. The van der Waals surface area contributed by atoms with Gasteiger partial charge in [-0.3, -0.25) is 9.69 Å². The zero-order valence-corrected chi connectivity index (χ0v) is 22.8. The Balaban J connectivity index is 1.29. The average molecular weight is 553 g/mol. The van der Waals surface area contributed by atoms with E-state index in [1.807, 2.05) is 28.1 Å². The summed E-state index contributed by atoms with van der Waals surface area (Å²) in [6, 6.07) is 5.50. The molecule has 2 fully saturated rings. The Hall–Kier alpha value is -4.04. The molecule has 5 rings (SSSR count). The molecule has 2 saturated heterocycles. The Kier molecular flexibility index (Phi) is 7.98. The molecule has 0 radical (unpaired) electrons. The van der Waals surface area contributed by atoms with Crippen molar-refractivity contribution in [3.05, 3.63) is 53.2 Å². The van der Waals surface area contributed by atoms with Crippen LogP contribution in [0.15, 0.2) is 41.5 Å². The molecule has 0 bridgehead atoms. The first-order valence-corrected chi connectivity index (χ1v) is 13.4. The summed E-state index contributed by atoms with van der Waals surface area (Å²) in [6.45, 7) is 2.69. The normalized spacial score (nSPS) is 20.4. The van der Waals surface area contributed by atoms with E-state index in [9.17, 15) is 13.6 Å². The lowest BCUT2D eigenvalue weighted by molar-refractivity contribution is -0.125. The molecule has 9 nitrogen and oxygen atoms in total. The number of hydrogen-bond acceptors (Lipinski definition) is 7. The van der Waals surface area contributed by atoms with E-state index in [-0.39, 0.29) is 24.8 Å². The van der Waals surface area contributed by atoms with Crippen molar-refractivity contribution in [2.75, 3.05) is 58.9 Å². The van der Waals surface area contributed by atoms with Crippen molar-refractivity contribution in [2.45, 2.75) is 31.2 Å². The molecule has 40 heavy (non-hydrogen) atoms. The minimum atomic E-state index is -2.57. The number of hydrogen-bond donors (Lipinski definition) is 2.